The molecule has 1 aliphatic rings. The Labute approximate surface area is 112 Å². The van der Waals surface area contributed by atoms with E-state index in [1.54, 1.807) is 11.6 Å². The molecule has 1 atom stereocenters. The number of nitrogens with one attached hydrogen (secondary N) is 1. The summed E-state index contributed by atoms with van der Waals surface area (Å²) < 4.78 is 38.7. The number of hydrogen-bond acceptors (Lipinski definition) is 5. The van der Waals surface area contributed by atoms with Gasteiger partial charge in [-0.05, 0) is 6.07 Å². The summed E-state index contributed by atoms with van der Waals surface area (Å²) in [5.41, 5.74) is 0.539. The summed E-state index contributed by atoms with van der Waals surface area (Å²) in [6.45, 7) is 1.38. The van der Waals surface area contributed by atoms with Gasteiger partial charge in [0.1, 0.15) is 0 Å². The van der Waals surface area contributed by atoms with Crippen molar-refractivity contribution in [3.05, 3.63) is 18.0 Å². The molecule has 0 aromatic carbocycles. The summed E-state index contributed by atoms with van der Waals surface area (Å²) in [5, 5.41) is 9.06. The maximum absolute atomic E-state index is 12.1. The van der Waals surface area contributed by atoms with Crippen LogP contribution in [0.5, 0.6) is 0 Å². The average molecular weight is 290 g/mol. The first kappa shape index (κ1) is 14.5. The summed E-state index contributed by atoms with van der Waals surface area (Å²) in [5.74, 6) is 0. The number of aryl methyl sites for hydroxylation is 1. The Bertz CT molecular complexity index is 519. The lowest BCUT2D eigenvalue weighted by atomic mass is 10.3. The number of aliphatic hydroxyl groups excluding tert-OH is 1. The standard InChI is InChI=1S/C11H18N2O5S/c1-13-6-11(4-9(13)7-14)19(15,16)12-5-10-8-17-2-3-18-10/h4,6,10,12,14H,2-3,5,7-8H2,1H3. The second-order valence-electron chi connectivity index (χ2n) is 4.36. The highest BCUT2D eigenvalue weighted by molar-refractivity contribution is 7.89. The fourth-order valence-corrected chi connectivity index (χ4v) is 2.98. The van der Waals surface area contributed by atoms with Crippen LogP contribution >= 0.6 is 0 Å². The van der Waals surface area contributed by atoms with Crippen molar-refractivity contribution in [1.82, 2.24) is 9.29 Å². The monoisotopic (exact) mass is 290 g/mol. The minimum absolute atomic E-state index is 0.135. The first-order chi connectivity index (χ1) is 9.03. The quantitative estimate of drug-likeness (QED) is 0.742. The van der Waals surface area contributed by atoms with Crippen LogP contribution in [0.2, 0.25) is 0 Å². The van der Waals surface area contributed by atoms with Crippen LogP contribution in [0, 0.1) is 0 Å². The molecule has 0 radical (unpaired) electrons. The Morgan fingerprint density at radius 2 is 2.32 bits per heavy atom. The molecular formula is C11H18N2O5S. The molecule has 0 aliphatic carbocycles. The topological polar surface area (TPSA) is 89.8 Å². The van der Waals surface area contributed by atoms with Crippen LogP contribution in [0.15, 0.2) is 17.2 Å². The number of sulfonamides is 1. The van der Waals surface area contributed by atoms with Crippen LogP contribution in [-0.4, -0.2) is 50.6 Å². The van der Waals surface area contributed by atoms with E-state index in [0.29, 0.717) is 25.5 Å². The first-order valence-corrected chi connectivity index (χ1v) is 7.46. The lowest BCUT2D eigenvalue weighted by molar-refractivity contribution is -0.0846. The molecule has 108 valence electrons. The van der Waals surface area contributed by atoms with Gasteiger partial charge in [-0.2, -0.15) is 0 Å². The van der Waals surface area contributed by atoms with Crippen molar-refractivity contribution < 1.29 is 23.0 Å². The van der Waals surface area contributed by atoms with Crippen LogP contribution in [0.3, 0.4) is 0 Å². The highest BCUT2D eigenvalue weighted by atomic mass is 32.2. The number of rotatable bonds is 5. The number of hydrogen-bond donors (Lipinski definition) is 2. The zero-order chi connectivity index (χ0) is 13.9. The third-order valence-electron chi connectivity index (χ3n) is 2.94. The van der Waals surface area contributed by atoms with Crippen molar-refractivity contribution in [2.75, 3.05) is 26.4 Å². The maximum Gasteiger partial charge on any atom is 0.242 e. The van der Waals surface area contributed by atoms with Gasteiger partial charge in [0.05, 0.1) is 37.4 Å². The van der Waals surface area contributed by atoms with Gasteiger partial charge in [-0.15, -0.1) is 0 Å². The van der Waals surface area contributed by atoms with Gasteiger partial charge in [-0.25, -0.2) is 13.1 Å². The molecule has 1 saturated heterocycles. The van der Waals surface area contributed by atoms with Gasteiger partial charge in [0.15, 0.2) is 0 Å². The zero-order valence-corrected chi connectivity index (χ0v) is 11.5. The van der Waals surface area contributed by atoms with Crippen LogP contribution in [0.4, 0.5) is 0 Å². The van der Waals surface area contributed by atoms with E-state index in [2.05, 4.69) is 4.72 Å². The molecule has 1 unspecified atom stereocenters. The van der Waals surface area contributed by atoms with Crippen LogP contribution < -0.4 is 4.72 Å². The van der Waals surface area contributed by atoms with E-state index in [-0.39, 0.29) is 24.2 Å². The summed E-state index contributed by atoms with van der Waals surface area (Å²) in [6, 6.07) is 1.45. The second kappa shape index (κ2) is 6.02. The molecule has 1 aliphatic heterocycles. The smallest absolute Gasteiger partial charge is 0.242 e. The van der Waals surface area contributed by atoms with E-state index in [1.807, 2.05) is 0 Å². The summed E-state index contributed by atoms with van der Waals surface area (Å²) >= 11 is 0. The summed E-state index contributed by atoms with van der Waals surface area (Å²) in [7, 11) is -1.91. The lowest BCUT2D eigenvalue weighted by Gasteiger charge is -2.22. The number of aromatic nitrogens is 1. The molecule has 0 saturated carbocycles. The van der Waals surface area contributed by atoms with Gasteiger partial charge in [0, 0.05) is 25.5 Å². The SMILES string of the molecule is Cn1cc(S(=O)(=O)NCC2COCCO2)cc1CO. The summed E-state index contributed by atoms with van der Waals surface area (Å²) in [4.78, 5) is 0.135. The van der Waals surface area contributed by atoms with E-state index in [4.69, 9.17) is 14.6 Å². The molecule has 7 nitrogen and oxygen atoms in total. The fourth-order valence-electron chi connectivity index (χ4n) is 1.82. The van der Waals surface area contributed by atoms with Crippen molar-refractivity contribution in [1.29, 1.82) is 0 Å². The largest absolute Gasteiger partial charge is 0.390 e. The molecule has 8 heteroatoms. The second-order valence-corrected chi connectivity index (χ2v) is 6.12. The zero-order valence-electron chi connectivity index (χ0n) is 10.7. The highest BCUT2D eigenvalue weighted by Gasteiger charge is 2.21. The van der Waals surface area contributed by atoms with Gasteiger partial charge in [-0.3, -0.25) is 0 Å². The van der Waals surface area contributed by atoms with Crippen molar-refractivity contribution in [3.63, 3.8) is 0 Å². The van der Waals surface area contributed by atoms with Crippen LogP contribution in [-0.2, 0) is 33.2 Å². The molecule has 2 rings (SSSR count). The summed E-state index contributed by atoms with van der Waals surface area (Å²) in [6.07, 6.45) is 1.20. The van der Waals surface area contributed by atoms with Gasteiger partial charge in [0.25, 0.3) is 0 Å². The molecule has 19 heavy (non-hydrogen) atoms. The first-order valence-electron chi connectivity index (χ1n) is 5.98. The van der Waals surface area contributed by atoms with Gasteiger partial charge in [-0.1, -0.05) is 0 Å². The van der Waals surface area contributed by atoms with Crippen molar-refractivity contribution >= 4 is 10.0 Å². The van der Waals surface area contributed by atoms with E-state index in [9.17, 15) is 8.42 Å². The van der Waals surface area contributed by atoms with Crippen LogP contribution in [0.25, 0.3) is 0 Å². The lowest BCUT2D eigenvalue weighted by Crippen LogP contribution is -2.39. The van der Waals surface area contributed by atoms with E-state index in [1.165, 1.54) is 12.3 Å². The normalized spacial score (nSPS) is 20.6. The Morgan fingerprint density at radius 1 is 1.53 bits per heavy atom. The Morgan fingerprint density at radius 3 is 2.89 bits per heavy atom. The average Bonchev–Trinajstić information content (AvgIpc) is 2.80. The molecule has 0 amide bonds. The number of ether oxygens (including phenoxy) is 2. The van der Waals surface area contributed by atoms with E-state index in [0.717, 1.165) is 0 Å². The van der Waals surface area contributed by atoms with Gasteiger partial charge < -0.3 is 19.1 Å². The molecule has 1 aromatic rings. The minimum Gasteiger partial charge on any atom is -0.390 e. The Hall–Kier alpha value is -0.930. The Balaban J connectivity index is 2.00. The third-order valence-corrected chi connectivity index (χ3v) is 4.33. The molecule has 2 N–H and O–H groups in total. The minimum atomic E-state index is -3.59. The van der Waals surface area contributed by atoms with E-state index < -0.39 is 10.0 Å². The van der Waals surface area contributed by atoms with Gasteiger partial charge >= 0.3 is 0 Å². The van der Waals surface area contributed by atoms with Crippen molar-refractivity contribution in [2.45, 2.75) is 17.6 Å². The van der Waals surface area contributed by atoms with Crippen molar-refractivity contribution in [2.24, 2.45) is 7.05 Å². The highest BCUT2D eigenvalue weighted by Crippen LogP contribution is 2.13. The molecule has 2 heterocycles. The molecule has 1 aromatic heterocycles. The molecule has 0 bridgehead atoms. The Kier molecular flexibility index (Phi) is 4.58. The van der Waals surface area contributed by atoms with Gasteiger partial charge in [0.2, 0.25) is 10.0 Å². The maximum atomic E-state index is 12.1. The predicted molar refractivity (Wildman–Crippen MR) is 67.1 cm³/mol. The third kappa shape index (κ3) is 3.54. The van der Waals surface area contributed by atoms with Crippen LogP contribution in [0.1, 0.15) is 5.69 Å². The number of aliphatic hydroxyl groups is 1. The van der Waals surface area contributed by atoms with E-state index >= 15 is 0 Å². The molecular weight excluding hydrogens is 272 g/mol. The predicted octanol–water partition coefficient (Wildman–Crippen LogP) is -0.789. The number of nitrogens with zero attached hydrogens (tertiary/aromatic N) is 1. The molecule has 0 spiro atoms. The van der Waals surface area contributed by atoms with Crippen molar-refractivity contribution in [3.8, 4) is 0 Å². The fraction of sp³-hybridized carbons (Fsp3) is 0.636. The molecule has 1 fully saturated rings.